The molecule has 0 saturated heterocycles. The van der Waals surface area contributed by atoms with Crippen molar-refractivity contribution in [2.24, 2.45) is 0 Å². The number of hydrogen-bond donors (Lipinski definition) is 1. The second-order valence-corrected chi connectivity index (χ2v) is 3.77. The molecule has 0 fully saturated rings. The van der Waals surface area contributed by atoms with Crippen molar-refractivity contribution in [3.05, 3.63) is 30.0 Å². The highest BCUT2D eigenvalue weighted by molar-refractivity contribution is 5.83. The van der Waals surface area contributed by atoms with Crippen LogP contribution >= 0.6 is 0 Å². The molecule has 0 unspecified atom stereocenters. The first kappa shape index (κ1) is 11.7. The molecule has 17 heavy (non-hydrogen) atoms. The number of fused-ring (bicyclic) bond motifs is 1. The molecule has 2 rings (SSSR count). The summed E-state index contributed by atoms with van der Waals surface area (Å²) in [5, 5.41) is 4.16. The van der Waals surface area contributed by atoms with Crippen molar-refractivity contribution in [2.75, 3.05) is 21.3 Å². The number of benzene rings is 1. The zero-order chi connectivity index (χ0) is 12.3. The van der Waals surface area contributed by atoms with E-state index in [1.165, 1.54) is 0 Å². The third-order valence-corrected chi connectivity index (χ3v) is 2.62. The van der Waals surface area contributed by atoms with Crippen LogP contribution in [-0.2, 0) is 6.54 Å². The fourth-order valence-corrected chi connectivity index (χ4v) is 1.80. The van der Waals surface area contributed by atoms with Gasteiger partial charge in [0.2, 0.25) is 0 Å². The first-order valence-corrected chi connectivity index (χ1v) is 5.43. The summed E-state index contributed by atoms with van der Waals surface area (Å²) in [5.74, 6) is 1.43. The van der Waals surface area contributed by atoms with Gasteiger partial charge in [-0.3, -0.25) is 4.98 Å². The molecule has 90 valence electrons. The number of nitrogens with one attached hydrogen (secondary N) is 1. The van der Waals surface area contributed by atoms with Crippen LogP contribution in [0.15, 0.2) is 24.4 Å². The number of aromatic nitrogens is 1. The van der Waals surface area contributed by atoms with Crippen LogP contribution in [0.5, 0.6) is 11.5 Å². The molecule has 0 atom stereocenters. The third kappa shape index (κ3) is 2.31. The maximum absolute atomic E-state index is 5.28. The van der Waals surface area contributed by atoms with Crippen LogP contribution in [0.1, 0.15) is 5.56 Å². The minimum atomic E-state index is 0.703. The Morgan fingerprint density at radius 1 is 1.12 bits per heavy atom. The van der Waals surface area contributed by atoms with Crippen LogP contribution in [-0.4, -0.2) is 26.3 Å². The summed E-state index contributed by atoms with van der Waals surface area (Å²) < 4.78 is 10.5. The van der Waals surface area contributed by atoms with Gasteiger partial charge in [-0.1, -0.05) is 0 Å². The summed E-state index contributed by atoms with van der Waals surface area (Å²) in [6.07, 6.45) is 1.87. The fraction of sp³-hybridized carbons (Fsp3) is 0.308. The van der Waals surface area contributed by atoms with Gasteiger partial charge in [0.1, 0.15) is 0 Å². The smallest absolute Gasteiger partial charge is 0.162 e. The predicted molar refractivity (Wildman–Crippen MR) is 67.6 cm³/mol. The summed E-state index contributed by atoms with van der Waals surface area (Å²) in [7, 11) is 5.17. The van der Waals surface area contributed by atoms with Crippen molar-refractivity contribution in [3.8, 4) is 11.5 Å². The highest BCUT2D eigenvalue weighted by Gasteiger charge is 2.07. The monoisotopic (exact) mass is 232 g/mol. The van der Waals surface area contributed by atoms with E-state index in [1.54, 1.807) is 14.2 Å². The summed E-state index contributed by atoms with van der Waals surface area (Å²) in [6.45, 7) is 0.803. The van der Waals surface area contributed by atoms with E-state index in [2.05, 4.69) is 16.4 Å². The Kier molecular flexibility index (Phi) is 3.44. The van der Waals surface area contributed by atoms with E-state index in [0.717, 1.165) is 28.8 Å². The van der Waals surface area contributed by atoms with Crippen LogP contribution in [0.3, 0.4) is 0 Å². The molecule has 1 aromatic heterocycles. The van der Waals surface area contributed by atoms with Crippen molar-refractivity contribution >= 4 is 10.9 Å². The average Bonchev–Trinajstić information content (AvgIpc) is 2.37. The highest BCUT2D eigenvalue weighted by Crippen LogP contribution is 2.31. The van der Waals surface area contributed by atoms with Crippen LogP contribution in [0, 0.1) is 0 Å². The van der Waals surface area contributed by atoms with E-state index >= 15 is 0 Å². The lowest BCUT2D eigenvalue weighted by atomic mass is 10.1. The zero-order valence-corrected chi connectivity index (χ0v) is 10.3. The third-order valence-electron chi connectivity index (χ3n) is 2.62. The maximum atomic E-state index is 5.28. The lowest BCUT2D eigenvalue weighted by molar-refractivity contribution is 0.356. The van der Waals surface area contributed by atoms with Gasteiger partial charge in [-0.15, -0.1) is 0 Å². The van der Waals surface area contributed by atoms with Crippen LogP contribution < -0.4 is 14.8 Å². The van der Waals surface area contributed by atoms with E-state index in [-0.39, 0.29) is 0 Å². The van der Waals surface area contributed by atoms with E-state index in [9.17, 15) is 0 Å². The number of ether oxygens (including phenoxy) is 2. The van der Waals surface area contributed by atoms with Gasteiger partial charge in [-0.2, -0.15) is 0 Å². The molecule has 0 amide bonds. The molecule has 0 aliphatic carbocycles. The van der Waals surface area contributed by atoms with Crippen LogP contribution in [0.25, 0.3) is 10.9 Å². The molecule has 0 aliphatic heterocycles. The Morgan fingerprint density at radius 3 is 2.47 bits per heavy atom. The van der Waals surface area contributed by atoms with Gasteiger partial charge in [-0.25, -0.2) is 0 Å². The number of methoxy groups -OCH3 is 2. The Hall–Kier alpha value is -1.81. The van der Waals surface area contributed by atoms with Gasteiger partial charge >= 0.3 is 0 Å². The first-order chi connectivity index (χ1) is 8.28. The summed E-state index contributed by atoms with van der Waals surface area (Å²) in [4.78, 5) is 4.41. The molecular formula is C13H16N2O2. The molecule has 0 saturated carbocycles. The van der Waals surface area contributed by atoms with Gasteiger partial charge < -0.3 is 14.8 Å². The summed E-state index contributed by atoms with van der Waals surface area (Å²) >= 11 is 0. The molecule has 0 aliphatic rings. The van der Waals surface area contributed by atoms with Gasteiger partial charge in [0.25, 0.3) is 0 Å². The predicted octanol–water partition coefficient (Wildman–Crippen LogP) is 1.97. The number of nitrogens with zero attached hydrogens (tertiary/aromatic N) is 1. The van der Waals surface area contributed by atoms with Crippen LogP contribution in [0.2, 0.25) is 0 Å². The van der Waals surface area contributed by atoms with Crippen molar-refractivity contribution in [2.45, 2.75) is 6.54 Å². The maximum Gasteiger partial charge on any atom is 0.162 e. The second-order valence-electron chi connectivity index (χ2n) is 3.77. The minimum absolute atomic E-state index is 0.703. The number of hydrogen-bond acceptors (Lipinski definition) is 4. The summed E-state index contributed by atoms with van der Waals surface area (Å²) in [6, 6.07) is 5.93. The van der Waals surface area contributed by atoms with Gasteiger partial charge in [0, 0.05) is 24.2 Å². The van der Waals surface area contributed by atoms with E-state index in [1.807, 2.05) is 25.4 Å². The number of pyridine rings is 1. The standard InChI is InChI=1S/C13H16N2O2/c1-14-7-9-4-10-5-12(16-2)13(17-3)6-11(10)15-8-9/h4-6,8,14H,7H2,1-3H3. The van der Waals surface area contributed by atoms with Crippen molar-refractivity contribution < 1.29 is 9.47 Å². The minimum Gasteiger partial charge on any atom is -0.493 e. The Bertz CT molecular complexity index is 526. The molecular weight excluding hydrogens is 216 g/mol. The normalized spacial score (nSPS) is 10.5. The van der Waals surface area contributed by atoms with E-state index in [0.29, 0.717) is 5.75 Å². The summed E-state index contributed by atoms with van der Waals surface area (Å²) in [5.41, 5.74) is 2.05. The lowest BCUT2D eigenvalue weighted by Gasteiger charge is -2.09. The second kappa shape index (κ2) is 5.01. The van der Waals surface area contributed by atoms with Crippen molar-refractivity contribution in [1.82, 2.24) is 10.3 Å². The molecule has 0 spiro atoms. The van der Waals surface area contributed by atoms with Crippen molar-refractivity contribution in [1.29, 1.82) is 0 Å². The molecule has 0 radical (unpaired) electrons. The average molecular weight is 232 g/mol. The molecule has 1 N–H and O–H groups in total. The lowest BCUT2D eigenvalue weighted by Crippen LogP contribution is -2.05. The number of rotatable bonds is 4. The molecule has 1 heterocycles. The first-order valence-electron chi connectivity index (χ1n) is 5.43. The Balaban J connectivity index is 2.54. The largest absolute Gasteiger partial charge is 0.493 e. The molecule has 1 aromatic carbocycles. The van der Waals surface area contributed by atoms with E-state index in [4.69, 9.17) is 9.47 Å². The quantitative estimate of drug-likeness (QED) is 0.875. The van der Waals surface area contributed by atoms with E-state index < -0.39 is 0 Å². The molecule has 4 heteroatoms. The highest BCUT2D eigenvalue weighted by atomic mass is 16.5. The van der Waals surface area contributed by atoms with Gasteiger partial charge in [-0.05, 0) is 24.7 Å². The Labute approximate surface area is 101 Å². The fourth-order valence-electron chi connectivity index (χ4n) is 1.80. The zero-order valence-electron chi connectivity index (χ0n) is 10.3. The Morgan fingerprint density at radius 2 is 1.82 bits per heavy atom. The molecule has 0 bridgehead atoms. The van der Waals surface area contributed by atoms with Crippen LogP contribution in [0.4, 0.5) is 0 Å². The molecule has 4 nitrogen and oxygen atoms in total. The van der Waals surface area contributed by atoms with Gasteiger partial charge in [0.05, 0.1) is 19.7 Å². The van der Waals surface area contributed by atoms with Gasteiger partial charge in [0.15, 0.2) is 11.5 Å². The topological polar surface area (TPSA) is 43.4 Å². The SMILES string of the molecule is CNCc1cnc2cc(OC)c(OC)cc2c1. The van der Waals surface area contributed by atoms with Crippen molar-refractivity contribution in [3.63, 3.8) is 0 Å². The molecule has 2 aromatic rings.